The molecular formula is C15H22N3O3+. The molecule has 6 nitrogen and oxygen atoms in total. The zero-order chi connectivity index (χ0) is 15.2. The second kappa shape index (κ2) is 7.17. The maximum absolute atomic E-state index is 12.1. The molecule has 1 aliphatic heterocycles. The van der Waals surface area contributed by atoms with Gasteiger partial charge in [-0.05, 0) is 38.2 Å². The van der Waals surface area contributed by atoms with Crippen LogP contribution in [0.25, 0.3) is 0 Å². The number of aryl methyl sites for hydroxylation is 1. The summed E-state index contributed by atoms with van der Waals surface area (Å²) in [5.41, 5.74) is 1.36. The topological polar surface area (TPSA) is 76.7 Å². The van der Waals surface area contributed by atoms with Crippen LogP contribution in [-0.2, 0) is 4.79 Å². The molecule has 1 aliphatic rings. The molecule has 0 bridgehead atoms. The molecule has 0 radical (unpaired) electrons. The Kier molecular flexibility index (Phi) is 5.27. The van der Waals surface area contributed by atoms with Gasteiger partial charge < -0.3 is 10.2 Å². The van der Waals surface area contributed by atoms with Gasteiger partial charge in [0.15, 0.2) is 6.54 Å². The number of nitro benzene ring substituents is 1. The highest BCUT2D eigenvalue weighted by atomic mass is 16.6. The summed E-state index contributed by atoms with van der Waals surface area (Å²) in [7, 11) is 0. The fourth-order valence-electron chi connectivity index (χ4n) is 2.69. The molecule has 114 valence electrons. The SMILES string of the molecule is Cc1ccc([N+](=O)[O-])cc1NC(=O)C[NH+]1CCCCCC1. The third-order valence-corrected chi connectivity index (χ3v) is 3.93. The zero-order valence-electron chi connectivity index (χ0n) is 12.4. The average molecular weight is 292 g/mol. The van der Waals surface area contributed by atoms with E-state index in [0.717, 1.165) is 18.7 Å². The number of hydrogen-bond acceptors (Lipinski definition) is 3. The Balaban J connectivity index is 1.98. The Morgan fingerprint density at radius 1 is 1.29 bits per heavy atom. The van der Waals surface area contributed by atoms with E-state index in [1.165, 1.54) is 42.7 Å². The molecule has 21 heavy (non-hydrogen) atoms. The number of amides is 1. The predicted molar refractivity (Wildman–Crippen MR) is 80.5 cm³/mol. The number of non-ortho nitro benzene ring substituents is 1. The van der Waals surface area contributed by atoms with Crippen molar-refractivity contribution in [3.63, 3.8) is 0 Å². The highest BCUT2D eigenvalue weighted by Crippen LogP contribution is 2.21. The summed E-state index contributed by atoms with van der Waals surface area (Å²) in [6, 6.07) is 4.53. The van der Waals surface area contributed by atoms with Crippen molar-refractivity contribution >= 4 is 17.3 Å². The number of carbonyl (C=O) groups is 1. The van der Waals surface area contributed by atoms with Crippen molar-refractivity contribution in [1.29, 1.82) is 0 Å². The maximum Gasteiger partial charge on any atom is 0.279 e. The summed E-state index contributed by atoms with van der Waals surface area (Å²) in [6.45, 7) is 4.32. The molecule has 0 saturated carbocycles. The second-order valence-electron chi connectivity index (χ2n) is 5.65. The maximum atomic E-state index is 12.1. The van der Waals surface area contributed by atoms with Crippen LogP contribution in [0.15, 0.2) is 18.2 Å². The highest BCUT2D eigenvalue weighted by molar-refractivity contribution is 5.92. The van der Waals surface area contributed by atoms with E-state index in [1.54, 1.807) is 6.07 Å². The lowest BCUT2D eigenvalue weighted by Crippen LogP contribution is -3.12. The van der Waals surface area contributed by atoms with E-state index in [4.69, 9.17) is 0 Å². The minimum atomic E-state index is -0.449. The molecule has 0 aromatic heterocycles. The average Bonchev–Trinajstić information content (AvgIpc) is 2.69. The van der Waals surface area contributed by atoms with Gasteiger partial charge in [0.25, 0.3) is 11.6 Å². The van der Waals surface area contributed by atoms with Crippen molar-refractivity contribution in [2.75, 3.05) is 25.0 Å². The molecule has 0 spiro atoms. The number of nitrogens with one attached hydrogen (secondary N) is 2. The van der Waals surface area contributed by atoms with Gasteiger partial charge in [-0.3, -0.25) is 14.9 Å². The Morgan fingerprint density at radius 2 is 1.95 bits per heavy atom. The number of benzene rings is 1. The first-order chi connectivity index (χ1) is 10.1. The Bertz CT molecular complexity index is 523. The first-order valence-electron chi connectivity index (χ1n) is 7.45. The van der Waals surface area contributed by atoms with E-state index >= 15 is 0 Å². The summed E-state index contributed by atoms with van der Waals surface area (Å²) < 4.78 is 0. The van der Waals surface area contributed by atoms with Crippen LogP contribution in [-0.4, -0.2) is 30.5 Å². The predicted octanol–water partition coefficient (Wildman–Crippen LogP) is 1.30. The number of likely N-dealkylation sites (tertiary alicyclic amines) is 1. The number of hydrogen-bond donors (Lipinski definition) is 2. The Hall–Kier alpha value is -1.95. The quantitative estimate of drug-likeness (QED) is 0.648. The molecule has 1 saturated heterocycles. The van der Waals surface area contributed by atoms with Crippen LogP contribution in [0.5, 0.6) is 0 Å². The molecule has 0 aliphatic carbocycles. The standard InChI is InChI=1S/C15H21N3O3/c1-12-6-7-13(18(20)21)10-14(12)16-15(19)11-17-8-4-2-3-5-9-17/h6-7,10H,2-5,8-9,11H2,1H3,(H,16,19)/p+1. The fraction of sp³-hybridized carbons (Fsp3) is 0.533. The monoisotopic (exact) mass is 292 g/mol. The van der Waals surface area contributed by atoms with Crippen LogP contribution in [0.4, 0.5) is 11.4 Å². The molecular weight excluding hydrogens is 270 g/mol. The van der Waals surface area contributed by atoms with E-state index < -0.39 is 4.92 Å². The van der Waals surface area contributed by atoms with Crippen molar-refractivity contribution in [3.05, 3.63) is 33.9 Å². The lowest BCUT2D eigenvalue weighted by atomic mass is 10.2. The zero-order valence-corrected chi connectivity index (χ0v) is 12.4. The highest BCUT2D eigenvalue weighted by Gasteiger charge is 2.17. The number of quaternary nitrogens is 1. The van der Waals surface area contributed by atoms with Gasteiger partial charge in [0.1, 0.15) is 0 Å². The van der Waals surface area contributed by atoms with E-state index in [1.807, 2.05) is 6.92 Å². The van der Waals surface area contributed by atoms with Crippen LogP contribution >= 0.6 is 0 Å². The molecule has 2 N–H and O–H groups in total. The number of anilines is 1. The number of nitrogens with zero attached hydrogens (tertiary/aromatic N) is 1. The summed E-state index contributed by atoms with van der Waals surface area (Å²) in [6.07, 6.45) is 4.82. The van der Waals surface area contributed by atoms with E-state index in [0.29, 0.717) is 12.2 Å². The third kappa shape index (κ3) is 4.53. The largest absolute Gasteiger partial charge is 0.327 e. The summed E-state index contributed by atoms with van der Waals surface area (Å²) in [5.74, 6) is -0.0736. The molecule has 2 rings (SSSR count). The minimum absolute atomic E-state index is 0.00183. The summed E-state index contributed by atoms with van der Waals surface area (Å²) in [4.78, 5) is 23.8. The number of rotatable bonds is 4. The molecule has 1 aromatic rings. The van der Waals surface area contributed by atoms with Crippen LogP contribution in [0, 0.1) is 17.0 Å². The molecule has 0 atom stereocenters. The van der Waals surface area contributed by atoms with Crippen molar-refractivity contribution in [3.8, 4) is 0 Å². The van der Waals surface area contributed by atoms with Crippen LogP contribution < -0.4 is 10.2 Å². The van der Waals surface area contributed by atoms with Gasteiger partial charge in [-0.15, -0.1) is 0 Å². The van der Waals surface area contributed by atoms with Gasteiger partial charge in [-0.2, -0.15) is 0 Å². The summed E-state index contributed by atoms with van der Waals surface area (Å²) in [5, 5.41) is 13.6. The van der Waals surface area contributed by atoms with Gasteiger partial charge in [0.2, 0.25) is 0 Å². The van der Waals surface area contributed by atoms with E-state index in [2.05, 4.69) is 5.32 Å². The fourth-order valence-corrected chi connectivity index (χ4v) is 2.69. The van der Waals surface area contributed by atoms with Crippen LogP contribution in [0.2, 0.25) is 0 Å². The summed E-state index contributed by atoms with van der Waals surface area (Å²) >= 11 is 0. The lowest BCUT2D eigenvalue weighted by molar-refractivity contribution is -0.890. The molecule has 6 heteroatoms. The Labute approximate surface area is 124 Å². The van der Waals surface area contributed by atoms with E-state index in [9.17, 15) is 14.9 Å². The molecule has 1 amide bonds. The van der Waals surface area contributed by atoms with Gasteiger partial charge in [0, 0.05) is 12.1 Å². The number of carbonyl (C=O) groups excluding carboxylic acids is 1. The molecule has 0 unspecified atom stereocenters. The third-order valence-electron chi connectivity index (χ3n) is 3.93. The van der Waals surface area contributed by atoms with Crippen molar-refractivity contribution in [2.24, 2.45) is 0 Å². The van der Waals surface area contributed by atoms with Gasteiger partial charge >= 0.3 is 0 Å². The van der Waals surface area contributed by atoms with Gasteiger partial charge in [-0.1, -0.05) is 6.07 Å². The van der Waals surface area contributed by atoms with Crippen molar-refractivity contribution < 1.29 is 14.6 Å². The van der Waals surface area contributed by atoms with Gasteiger partial charge in [0.05, 0.1) is 23.7 Å². The molecule has 1 aromatic carbocycles. The smallest absolute Gasteiger partial charge is 0.279 e. The molecule has 1 heterocycles. The van der Waals surface area contributed by atoms with E-state index in [-0.39, 0.29) is 11.6 Å². The van der Waals surface area contributed by atoms with Crippen molar-refractivity contribution in [2.45, 2.75) is 32.6 Å². The van der Waals surface area contributed by atoms with Crippen LogP contribution in [0.3, 0.4) is 0 Å². The number of nitro groups is 1. The van der Waals surface area contributed by atoms with Crippen molar-refractivity contribution in [1.82, 2.24) is 0 Å². The van der Waals surface area contributed by atoms with Crippen LogP contribution in [0.1, 0.15) is 31.2 Å². The lowest BCUT2D eigenvalue weighted by Gasteiger charge is -2.16. The molecule has 1 fully saturated rings. The first-order valence-corrected chi connectivity index (χ1v) is 7.45. The normalized spacial score (nSPS) is 16.2. The Morgan fingerprint density at radius 3 is 2.57 bits per heavy atom. The second-order valence-corrected chi connectivity index (χ2v) is 5.65. The minimum Gasteiger partial charge on any atom is -0.327 e. The first kappa shape index (κ1) is 15.4. The van der Waals surface area contributed by atoms with Gasteiger partial charge in [-0.25, -0.2) is 0 Å².